The van der Waals surface area contributed by atoms with Gasteiger partial charge < -0.3 is 14.5 Å². The molecule has 1 aromatic carbocycles. The number of hydrogen-bond acceptors (Lipinski definition) is 3. The lowest BCUT2D eigenvalue weighted by molar-refractivity contribution is -0.140. The first kappa shape index (κ1) is 23.5. The monoisotopic (exact) mass is 422 g/mol. The molecule has 1 saturated heterocycles. The minimum atomic E-state index is -0.0301. The third-order valence-corrected chi connectivity index (χ3v) is 6.09. The van der Waals surface area contributed by atoms with Crippen LogP contribution in [0.25, 0.3) is 0 Å². The molecule has 6 heteroatoms. The van der Waals surface area contributed by atoms with Crippen molar-refractivity contribution in [3.63, 3.8) is 0 Å². The molecule has 0 aromatic heterocycles. The molecule has 1 aliphatic rings. The van der Waals surface area contributed by atoms with Gasteiger partial charge in [0.05, 0.1) is 0 Å². The van der Waals surface area contributed by atoms with Gasteiger partial charge in [0.1, 0.15) is 5.75 Å². The predicted octanol–water partition coefficient (Wildman–Crippen LogP) is 4.65. The van der Waals surface area contributed by atoms with Crippen molar-refractivity contribution in [1.82, 2.24) is 9.80 Å². The number of amides is 2. The Bertz CT molecular complexity index is 712. The van der Waals surface area contributed by atoms with Crippen LogP contribution in [0.15, 0.2) is 12.1 Å². The summed E-state index contributed by atoms with van der Waals surface area (Å²) in [5.74, 6) is 1.17. The summed E-state index contributed by atoms with van der Waals surface area (Å²) in [5.41, 5.74) is 1.94. The molecular weight excluding hydrogens is 388 g/mol. The molecule has 0 atom stereocenters. The van der Waals surface area contributed by atoms with Crippen molar-refractivity contribution >= 4 is 23.4 Å². The van der Waals surface area contributed by atoms with Crippen LogP contribution < -0.4 is 4.74 Å². The maximum Gasteiger partial charge on any atom is 0.260 e. The van der Waals surface area contributed by atoms with E-state index in [1.54, 1.807) is 0 Å². The Labute approximate surface area is 180 Å². The Balaban J connectivity index is 1.88. The average molecular weight is 423 g/mol. The molecule has 2 amide bonds. The molecule has 2 rings (SSSR count). The number of benzene rings is 1. The molecule has 1 heterocycles. The summed E-state index contributed by atoms with van der Waals surface area (Å²) in [6, 6.07) is 3.83. The zero-order valence-corrected chi connectivity index (χ0v) is 19.2. The maximum absolute atomic E-state index is 12.6. The lowest BCUT2D eigenvalue weighted by Crippen LogP contribution is -2.45. The largest absolute Gasteiger partial charge is 0.483 e. The van der Waals surface area contributed by atoms with E-state index in [1.165, 1.54) is 0 Å². The molecule has 0 spiro atoms. The SMILES string of the molecule is CCCCN(C)C(=O)C1CCN(C(=O)COc2cc(C)c(Cl)cc2C(C)C)CC1. The fraction of sp³-hybridized carbons (Fsp3) is 0.652. The van der Waals surface area contributed by atoms with Crippen LogP contribution in [0, 0.1) is 12.8 Å². The zero-order valence-electron chi connectivity index (χ0n) is 18.5. The van der Waals surface area contributed by atoms with Crippen LogP contribution in [-0.4, -0.2) is 54.9 Å². The number of aryl methyl sites for hydroxylation is 1. The highest BCUT2D eigenvalue weighted by Gasteiger charge is 2.29. The van der Waals surface area contributed by atoms with Crippen molar-refractivity contribution in [2.24, 2.45) is 5.92 Å². The Hall–Kier alpha value is -1.75. The predicted molar refractivity (Wildman–Crippen MR) is 118 cm³/mol. The van der Waals surface area contributed by atoms with Gasteiger partial charge in [-0.15, -0.1) is 0 Å². The average Bonchev–Trinajstić information content (AvgIpc) is 2.71. The van der Waals surface area contributed by atoms with E-state index in [-0.39, 0.29) is 30.3 Å². The second-order valence-corrected chi connectivity index (χ2v) is 8.76. The molecule has 5 nitrogen and oxygen atoms in total. The van der Waals surface area contributed by atoms with Gasteiger partial charge in [-0.25, -0.2) is 0 Å². The molecule has 1 aromatic rings. The Morgan fingerprint density at radius 3 is 2.52 bits per heavy atom. The van der Waals surface area contributed by atoms with E-state index in [9.17, 15) is 9.59 Å². The number of rotatable bonds is 8. The van der Waals surface area contributed by atoms with Gasteiger partial charge in [-0.3, -0.25) is 9.59 Å². The highest BCUT2D eigenvalue weighted by molar-refractivity contribution is 6.31. The molecule has 29 heavy (non-hydrogen) atoms. The minimum absolute atomic E-state index is 0.00973. The number of piperidine rings is 1. The van der Waals surface area contributed by atoms with Crippen LogP contribution >= 0.6 is 11.6 Å². The number of carbonyl (C=O) groups is 2. The molecule has 1 fully saturated rings. The first-order chi connectivity index (χ1) is 13.7. The van der Waals surface area contributed by atoms with Crippen molar-refractivity contribution in [2.75, 3.05) is 33.3 Å². The van der Waals surface area contributed by atoms with E-state index >= 15 is 0 Å². The molecule has 0 bridgehead atoms. The van der Waals surface area contributed by atoms with E-state index in [1.807, 2.05) is 35.9 Å². The molecular formula is C23H35ClN2O3. The molecule has 0 radical (unpaired) electrons. The van der Waals surface area contributed by atoms with Crippen LogP contribution in [0.5, 0.6) is 5.75 Å². The first-order valence-electron chi connectivity index (χ1n) is 10.7. The van der Waals surface area contributed by atoms with Crippen molar-refractivity contribution < 1.29 is 14.3 Å². The maximum atomic E-state index is 12.6. The molecule has 0 saturated carbocycles. The number of likely N-dealkylation sites (tertiary alicyclic amines) is 1. The van der Waals surface area contributed by atoms with Crippen LogP contribution in [0.4, 0.5) is 0 Å². The third kappa shape index (κ3) is 6.36. The van der Waals surface area contributed by atoms with E-state index in [0.717, 1.165) is 49.1 Å². The first-order valence-corrected chi connectivity index (χ1v) is 11.1. The van der Waals surface area contributed by atoms with Gasteiger partial charge in [0.15, 0.2) is 6.61 Å². The van der Waals surface area contributed by atoms with Crippen molar-refractivity contribution in [2.45, 2.75) is 59.3 Å². The molecule has 1 aliphatic heterocycles. The summed E-state index contributed by atoms with van der Waals surface area (Å²) in [5, 5.41) is 0.711. The van der Waals surface area contributed by atoms with Crippen LogP contribution in [-0.2, 0) is 9.59 Å². The Morgan fingerprint density at radius 2 is 1.93 bits per heavy atom. The number of halogens is 1. The van der Waals surface area contributed by atoms with E-state index in [0.29, 0.717) is 18.1 Å². The van der Waals surface area contributed by atoms with Gasteiger partial charge >= 0.3 is 0 Å². The quantitative estimate of drug-likeness (QED) is 0.612. The van der Waals surface area contributed by atoms with Gasteiger partial charge in [0, 0.05) is 37.6 Å². The van der Waals surface area contributed by atoms with E-state index in [2.05, 4.69) is 20.8 Å². The lowest BCUT2D eigenvalue weighted by Gasteiger charge is -2.33. The number of nitrogens with zero attached hydrogens (tertiary/aromatic N) is 2. The van der Waals surface area contributed by atoms with Gasteiger partial charge in [-0.05, 0) is 55.4 Å². The summed E-state index contributed by atoms with van der Waals surface area (Å²) < 4.78 is 5.88. The van der Waals surface area contributed by atoms with E-state index in [4.69, 9.17) is 16.3 Å². The fourth-order valence-electron chi connectivity index (χ4n) is 3.67. The lowest BCUT2D eigenvalue weighted by atomic mass is 9.95. The number of ether oxygens (including phenoxy) is 1. The number of carbonyl (C=O) groups excluding carboxylic acids is 2. The highest BCUT2D eigenvalue weighted by Crippen LogP contribution is 2.32. The Kier molecular flexibility index (Phi) is 8.81. The summed E-state index contributed by atoms with van der Waals surface area (Å²) in [6.07, 6.45) is 3.55. The molecule has 0 aliphatic carbocycles. The number of hydrogen-bond donors (Lipinski definition) is 0. The summed E-state index contributed by atoms with van der Waals surface area (Å²) >= 11 is 6.24. The molecule has 0 unspecified atom stereocenters. The van der Waals surface area contributed by atoms with Gasteiger partial charge in [-0.2, -0.15) is 0 Å². The summed E-state index contributed by atoms with van der Waals surface area (Å²) in [4.78, 5) is 28.8. The second kappa shape index (κ2) is 10.9. The Morgan fingerprint density at radius 1 is 1.28 bits per heavy atom. The van der Waals surface area contributed by atoms with Gasteiger partial charge in [-0.1, -0.05) is 38.8 Å². The van der Waals surface area contributed by atoms with Crippen molar-refractivity contribution in [3.05, 3.63) is 28.3 Å². The summed E-state index contributed by atoms with van der Waals surface area (Å²) in [6.45, 7) is 10.2. The second-order valence-electron chi connectivity index (χ2n) is 8.35. The minimum Gasteiger partial charge on any atom is -0.483 e. The third-order valence-electron chi connectivity index (χ3n) is 5.68. The fourth-order valence-corrected chi connectivity index (χ4v) is 3.84. The van der Waals surface area contributed by atoms with Gasteiger partial charge in [0.2, 0.25) is 5.91 Å². The van der Waals surface area contributed by atoms with E-state index < -0.39 is 0 Å². The molecule has 162 valence electrons. The number of unbranched alkanes of at least 4 members (excludes halogenated alkanes) is 1. The van der Waals surface area contributed by atoms with Crippen molar-refractivity contribution in [3.8, 4) is 5.75 Å². The van der Waals surface area contributed by atoms with Crippen molar-refractivity contribution in [1.29, 1.82) is 0 Å². The van der Waals surface area contributed by atoms with Crippen LogP contribution in [0.2, 0.25) is 5.02 Å². The van der Waals surface area contributed by atoms with Gasteiger partial charge in [0.25, 0.3) is 5.91 Å². The zero-order chi connectivity index (χ0) is 21.6. The normalized spacial score (nSPS) is 14.9. The summed E-state index contributed by atoms with van der Waals surface area (Å²) in [7, 11) is 1.88. The highest BCUT2D eigenvalue weighted by atomic mass is 35.5. The standard InChI is InChI=1S/C23H35ClN2O3/c1-6-7-10-25(5)23(28)18-8-11-26(12-9-18)22(27)15-29-21-13-17(4)20(24)14-19(21)16(2)3/h13-14,16,18H,6-12,15H2,1-5H3. The topological polar surface area (TPSA) is 49.9 Å². The van der Waals surface area contributed by atoms with Crippen LogP contribution in [0.3, 0.4) is 0 Å². The van der Waals surface area contributed by atoms with Crippen LogP contribution in [0.1, 0.15) is 63.5 Å². The molecule has 0 N–H and O–H groups in total. The smallest absolute Gasteiger partial charge is 0.260 e.